The minimum atomic E-state index is -3.95. The second-order valence-corrected chi connectivity index (χ2v) is 8.04. The van der Waals surface area contributed by atoms with Crippen LogP contribution < -0.4 is 4.72 Å². The zero-order valence-corrected chi connectivity index (χ0v) is 14.5. The Kier molecular flexibility index (Phi) is 4.20. The largest absolute Gasteiger partial charge is 0.274 e. The van der Waals surface area contributed by atoms with E-state index < -0.39 is 15.9 Å². The minimum Gasteiger partial charge on any atom is -0.274 e. The number of sulfonamides is 1. The molecule has 0 bridgehead atoms. The highest BCUT2D eigenvalue weighted by molar-refractivity contribution is 7.90. The molecule has 0 aliphatic heterocycles. The van der Waals surface area contributed by atoms with E-state index in [9.17, 15) is 13.2 Å². The average molecular weight is 351 g/mol. The number of amides is 1. The molecule has 0 saturated carbocycles. The maximum Gasteiger partial charge on any atom is 0.266 e. The quantitative estimate of drug-likeness (QED) is 0.859. The molecule has 23 heavy (non-hydrogen) atoms. The molecule has 0 radical (unpaired) electrons. The molecule has 1 aromatic heterocycles. The number of allylic oxidation sites excluding steroid dienone is 2. The van der Waals surface area contributed by atoms with Crippen LogP contribution in [0.4, 0.5) is 0 Å². The number of hydrogen-bond donors (Lipinski definition) is 1. The van der Waals surface area contributed by atoms with E-state index in [-0.39, 0.29) is 10.8 Å². The fourth-order valence-electron chi connectivity index (χ4n) is 2.74. The lowest BCUT2D eigenvalue weighted by Gasteiger charge is -2.23. The van der Waals surface area contributed by atoms with Crippen LogP contribution in [0, 0.1) is 5.92 Å². The first kappa shape index (κ1) is 16.1. The first-order chi connectivity index (χ1) is 10.9. The van der Waals surface area contributed by atoms with E-state index in [1.54, 1.807) is 12.1 Å². The van der Waals surface area contributed by atoms with Crippen molar-refractivity contribution in [3.8, 4) is 0 Å². The van der Waals surface area contributed by atoms with E-state index in [1.165, 1.54) is 17.2 Å². The molecule has 8 heteroatoms. The maximum atomic E-state index is 12.5. The Morgan fingerprint density at radius 2 is 2.04 bits per heavy atom. The number of hydrogen-bond acceptors (Lipinski definition) is 6. The molecular formula is C15H17N3O3S2. The molecule has 0 fully saturated rings. The number of rotatable bonds is 3. The predicted octanol–water partition coefficient (Wildman–Crippen LogP) is 2.63. The van der Waals surface area contributed by atoms with E-state index in [2.05, 4.69) is 20.4 Å². The number of carbonyl (C=O) groups is 1. The van der Waals surface area contributed by atoms with Crippen molar-refractivity contribution in [1.29, 1.82) is 0 Å². The Balaban J connectivity index is 1.84. The van der Waals surface area contributed by atoms with Crippen LogP contribution >= 0.6 is 11.7 Å². The number of carbonyl (C=O) groups excluding carboxylic acids is 1. The topological polar surface area (TPSA) is 89.0 Å². The SMILES string of the molecule is CC1=C(C)CC(C(=O)NS(=O)(=O)c2cccc3nsnc23)CC1. The van der Waals surface area contributed by atoms with Gasteiger partial charge < -0.3 is 0 Å². The van der Waals surface area contributed by atoms with Gasteiger partial charge in [0.05, 0.1) is 11.7 Å². The maximum absolute atomic E-state index is 12.5. The van der Waals surface area contributed by atoms with E-state index in [0.29, 0.717) is 23.9 Å². The van der Waals surface area contributed by atoms with Crippen LogP contribution in [0.2, 0.25) is 0 Å². The Bertz CT molecular complexity index is 900. The third-order valence-electron chi connectivity index (χ3n) is 4.29. The van der Waals surface area contributed by atoms with Crippen LogP contribution in [0.5, 0.6) is 0 Å². The van der Waals surface area contributed by atoms with Gasteiger partial charge in [-0.2, -0.15) is 8.75 Å². The Hall–Kier alpha value is -1.80. The lowest BCUT2D eigenvalue weighted by molar-refractivity contribution is -0.123. The van der Waals surface area contributed by atoms with Gasteiger partial charge in [0.1, 0.15) is 15.9 Å². The zero-order chi connectivity index (χ0) is 16.6. The van der Waals surface area contributed by atoms with E-state index in [0.717, 1.165) is 18.1 Å². The van der Waals surface area contributed by atoms with Crippen molar-refractivity contribution >= 4 is 38.7 Å². The molecule has 1 aliphatic carbocycles. The summed E-state index contributed by atoms with van der Waals surface area (Å²) < 4.78 is 35.3. The van der Waals surface area contributed by atoms with Crippen LogP contribution in [0.1, 0.15) is 33.1 Å². The highest BCUT2D eigenvalue weighted by Gasteiger charge is 2.28. The summed E-state index contributed by atoms with van der Waals surface area (Å²) in [6.07, 6.45) is 2.11. The van der Waals surface area contributed by atoms with Gasteiger partial charge in [-0.15, -0.1) is 0 Å². The number of aromatic nitrogens is 2. The van der Waals surface area contributed by atoms with Crippen LogP contribution in [0.25, 0.3) is 11.0 Å². The lowest BCUT2D eigenvalue weighted by atomic mass is 9.85. The molecule has 3 rings (SSSR count). The van der Waals surface area contributed by atoms with Gasteiger partial charge in [0, 0.05) is 5.92 Å². The summed E-state index contributed by atoms with van der Waals surface area (Å²) in [6, 6.07) is 4.73. The monoisotopic (exact) mass is 351 g/mol. The van der Waals surface area contributed by atoms with E-state index >= 15 is 0 Å². The van der Waals surface area contributed by atoms with Gasteiger partial charge in [-0.25, -0.2) is 13.1 Å². The molecule has 1 aromatic carbocycles. The summed E-state index contributed by atoms with van der Waals surface area (Å²) in [5.41, 5.74) is 3.26. The van der Waals surface area contributed by atoms with Crippen molar-refractivity contribution in [3.05, 3.63) is 29.3 Å². The van der Waals surface area contributed by atoms with Crippen molar-refractivity contribution in [1.82, 2.24) is 13.5 Å². The van der Waals surface area contributed by atoms with Gasteiger partial charge in [0.25, 0.3) is 10.0 Å². The highest BCUT2D eigenvalue weighted by Crippen LogP contribution is 2.29. The molecule has 0 spiro atoms. The van der Waals surface area contributed by atoms with Gasteiger partial charge in [-0.1, -0.05) is 17.2 Å². The predicted molar refractivity (Wildman–Crippen MR) is 88.5 cm³/mol. The third-order valence-corrected chi connectivity index (χ3v) is 6.21. The first-order valence-electron chi connectivity index (χ1n) is 7.31. The smallest absolute Gasteiger partial charge is 0.266 e. The summed E-state index contributed by atoms with van der Waals surface area (Å²) in [6.45, 7) is 4.04. The molecule has 1 unspecified atom stereocenters. The molecular weight excluding hydrogens is 334 g/mol. The molecule has 1 heterocycles. The second kappa shape index (κ2) is 6.01. The lowest BCUT2D eigenvalue weighted by Crippen LogP contribution is -2.36. The molecule has 122 valence electrons. The Labute approximate surface area is 139 Å². The van der Waals surface area contributed by atoms with Crippen molar-refractivity contribution in [3.63, 3.8) is 0 Å². The van der Waals surface area contributed by atoms with Crippen LogP contribution in [-0.4, -0.2) is 23.1 Å². The standard InChI is InChI=1S/C15H17N3O3S2/c1-9-6-7-11(8-10(9)2)15(19)18-23(20,21)13-5-3-4-12-14(13)17-22-16-12/h3-5,11H,6-8H2,1-2H3,(H,18,19). The molecule has 0 saturated heterocycles. The van der Waals surface area contributed by atoms with Gasteiger partial charge >= 0.3 is 0 Å². The van der Waals surface area contributed by atoms with Crippen LogP contribution in [0.15, 0.2) is 34.2 Å². The molecule has 1 aliphatic rings. The summed E-state index contributed by atoms with van der Waals surface area (Å²) in [7, 11) is -3.95. The summed E-state index contributed by atoms with van der Waals surface area (Å²) >= 11 is 0.947. The van der Waals surface area contributed by atoms with E-state index in [4.69, 9.17) is 0 Å². The zero-order valence-electron chi connectivity index (χ0n) is 12.9. The van der Waals surface area contributed by atoms with Crippen molar-refractivity contribution in [2.24, 2.45) is 5.92 Å². The molecule has 2 aromatic rings. The number of benzene rings is 1. The fraction of sp³-hybridized carbons (Fsp3) is 0.400. The molecule has 1 amide bonds. The third kappa shape index (κ3) is 3.13. The summed E-state index contributed by atoms with van der Waals surface area (Å²) in [5.74, 6) is -0.752. The van der Waals surface area contributed by atoms with Crippen molar-refractivity contribution < 1.29 is 13.2 Å². The van der Waals surface area contributed by atoms with E-state index in [1.807, 2.05) is 6.92 Å². The minimum absolute atomic E-state index is 0.00338. The summed E-state index contributed by atoms with van der Waals surface area (Å²) in [4.78, 5) is 12.4. The van der Waals surface area contributed by atoms with Crippen molar-refractivity contribution in [2.75, 3.05) is 0 Å². The normalized spacial score (nSPS) is 19.1. The summed E-state index contributed by atoms with van der Waals surface area (Å²) in [5, 5.41) is 0. The molecule has 6 nitrogen and oxygen atoms in total. The molecule has 1 atom stereocenters. The van der Waals surface area contributed by atoms with Gasteiger partial charge in [-0.05, 0) is 45.2 Å². The van der Waals surface area contributed by atoms with Gasteiger partial charge in [-0.3, -0.25) is 4.79 Å². The van der Waals surface area contributed by atoms with Gasteiger partial charge in [0.15, 0.2) is 0 Å². The second-order valence-electron chi connectivity index (χ2n) is 5.86. The fourth-order valence-corrected chi connectivity index (χ4v) is 4.55. The van der Waals surface area contributed by atoms with Crippen LogP contribution in [-0.2, 0) is 14.8 Å². The number of fused-ring (bicyclic) bond motifs is 1. The highest BCUT2D eigenvalue weighted by atomic mass is 32.2. The number of nitrogens with one attached hydrogen (secondary N) is 1. The van der Waals surface area contributed by atoms with Crippen molar-refractivity contribution in [2.45, 2.75) is 38.0 Å². The Morgan fingerprint density at radius 1 is 1.26 bits per heavy atom. The van der Waals surface area contributed by atoms with Crippen LogP contribution in [0.3, 0.4) is 0 Å². The number of nitrogens with zero attached hydrogens (tertiary/aromatic N) is 2. The Morgan fingerprint density at radius 3 is 2.78 bits per heavy atom. The van der Waals surface area contributed by atoms with Gasteiger partial charge in [0.2, 0.25) is 5.91 Å². The first-order valence-corrected chi connectivity index (χ1v) is 9.53. The molecule has 1 N–H and O–H groups in total. The average Bonchev–Trinajstić information content (AvgIpc) is 2.97.